The molecule has 3 aromatic heterocycles. The molecule has 0 bridgehead atoms. The van der Waals surface area contributed by atoms with Crippen LogP contribution in [-0.4, -0.2) is 36.2 Å². The minimum Gasteiger partial charge on any atom is -0.497 e. The van der Waals surface area contributed by atoms with Gasteiger partial charge in [0, 0.05) is 26.0 Å². The minimum absolute atomic E-state index is 0.218. The molecule has 27 heavy (non-hydrogen) atoms. The van der Waals surface area contributed by atoms with Crippen molar-refractivity contribution >= 4 is 17.0 Å². The van der Waals surface area contributed by atoms with Gasteiger partial charge in [-0.15, -0.1) is 0 Å². The van der Waals surface area contributed by atoms with Crippen molar-refractivity contribution in [3.8, 4) is 5.75 Å². The molecule has 8 nitrogen and oxygen atoms in total. The van der Waals surface area contributed by atoms with E-state index in [0.717, 1.165) is 34.8 Å². The molecule has 0 amide bonds. The van der Waals surface area contributed by atoms with E-state index in [0.29, 0.717) is 5.82 Å². The third kappa shape index (κ3) is 3.10. The molecule has 138 valence electrons. The van der Waals surface area contributed by atoms with Crippen LogP contribution < -0.4 is 10.1 Å². The smallest absolute Gasteiger partial charge is 0.165 e. The fraction of sp³-hybridized carbons (Fsp3) is 0.263. The largest absolute Gasteiger partial charge is 0.497 e. The third-order valence-corrected chi connectivity index (χ3v) is 4.57. The summed E-state index contributed by atoms with van der Waals surface area (Å²) in [4.78, 5) is 17.8. The summed E-state index contributed by atoms with van der Waals surface area (Å²) < 4.78 is 9.37. The maximum atomic E-state index is 5.39. The molecule has 0 aliphatic carbocycles. The molecule has 4 rings (SSSR count). The molecule has 0 saturated heterocycles. The van der Waals surface area contributed by atoms with Gasteiger partial charge in [0.05, 0.1) is 13.4 Å². The number of ether oxygens (including phenoxy) is 1. The Bertz CT molecular complexity index is 1070. The number of hydrogen-bond donors (Lipinski definition) is 1. The van der Waals surface area contributed by atoms with Crippen LogP contribution in [0.15, 0.2) is 49.3 Å². The summed E-state index contributed by atoms with van der Waals surface area (Å²) in [5, 5.41) is 3.50. The van der Waals surface area contributed by atoms with Gasteiger partial charge in [-0.2, -0.15) is 0 Å². The van der Waals surface area contributed by atoms with Gasteiger partial charge in [-0.25, -0.2) is 19.9 Å². The molecule has 1 N–H and O–H groups in total. The van der Waals surface area contributed by atoms with E-state index in [9.17, 15) is 0 Å². The van der Waals surface area contributed by atoms with Crippen molar-refractivity contribution in [3.63, 3.8) is 0 Å². The van der Waals surface area contributed by atoms with Crippen LogP contribution in [0, 0.1) is 0 Å². The summed E-state index contributed by atoms with van der Waals surface area (Å²) in [6.07, 6.45) is 7.04. The van der Waals surface area contributed by atoms with Crippen LogP contribution >= 0.6 is 0 Å². The van der Waals surface area contributed by atoms with Crippen molar-refractivity contribution < 1.29 is 4.74 Å². The van der Waals surface area contributed by atoms with Gasteiger partial charge in [0.15, 0.2) is 11.5 Å². The number of nitrogens with zero attached hydrogens (tertiary/aromatic N) is 6. The number of methoxy groups -OCH3 is 1. The van der Waals surface area contributed by atoms with Gasteiger partial charge in [0.2, 0.25) is 0 Å². The van der Waals surface area contributed by atoms with Crippen molar-refractivity contribution in [1.82, 2.24) is 29.1 Å². The van der Waals surface area contributed by atoms with E-state index < -0.39 is 0 Å². The average Bonchev–Trinajstić information content (AvgIpc) is 3.32. The monoisotopic (exact) mass is 363 g/mol. The predicted molar refractivity (Wildman–Crippen MR) is 103 cm³/mol. The van der Waals surface area contributed by atoms with Gasteiger partial charge in [-0.1, -0.05) is 12.1 Å². The van der Waals surface area contributed by atoms with E-state index in [1.165, 1.54) is 0 Å². The third-order valence-electron chi connectivity index (χ3n) is 4.57. The van der Waals surface area contributed by atoms with Gasteiger partial charge < -0.3 is 19.2 Å². The molecule has 1 atom stereocenters. The topological polar surface area (TPSA) is 82.7 Å². The number of imidazole rings is 2. The molecular formula is C19H21N7O. The molecule has 3 heterocycles. The zero-order chi connectivity index (χ0) is 18.8. The summed E-state index contributed by atoms with van der Waals surface area (Å²) in [6, 6.07) is 7.70. The van der Waals surface area contributed by atoms with E-state index in [1.807, 2.05) is 46.6 Å². The summed E-state index contributed by atoms with van der Waals surface area (Å²) in [6.45, 7) is 2.86. The lowest BCUT2D eigenvalue weighted by atomic mass is 10.1. The summed E-state index contributed by atoms with van der Waals surface area (Å²) in [5.74, 6) is 2.32. The number of anilines is 1. The second-order valence-electron chi connectivity index (χ2n) is 6.18. The van der Waals surface area contributed by atoms with Gasteiger partial charge in [0.1, 0.15) is 29.5 Å². The summed E-state index contributed by atoms with van der Waals surface area (Å²) in [7, 11) is 3.63. The zero-order valence-corrected chi connectivity index (χ0v) is 15.5. The van der Waals surface area contributed by atoms with E-state index in [-0.39, 0.29) is 6.04 Å². The maximum absolute atomic E-state index is 5.39. The number of aryl methyl sites for hydroxylation is 2. The Kier molecular flexibility index (Phi) is 4.45. The first kappa shape index (κ1) is 17.0. The Balaban J connectivity index is 1.81. The Hall–Kier alpha value is -3.42. The molecule has 4 aromatic rings. The first-order chi connectivity index (χ1) is 13.2. The standard InChI is InChI=1S/C19H21N7O/c1-4-26-12-23-16-17(21-11-22-19(16)26)24-15(18-20-8-9-25(18)2)13-6-5-7-14(10-13)27-3/h5-12,15H,4H2,1-3H3,(H,21,22,24). The Labute approximate surface area is 156 Å². The molecule has 1 aromatic carbocycles. The van der Waals surface area contributed by atoms with Gasteiger partial charge in [0.25, 0.3) is 0 Å². The quantitative estimate of drug-likeness (QED) is 0.567. The van der Waals surface area contributed by atoms with Gasteiger partial charge >= 0.3 is 0 Å². The van der Waals surface area contributed by atoms with Gasteiger partial charge in [-0.05, 0) is 24.6 Å². The maximum Gasteiger partial charge on any atom is 0.165 e. The van der Waals surface area contributed by atoms with E-state index in [1.54, 1.807) is 26.0 Å². The number of hydrogen-bond acceptors (Lipinski definition) is 6. The molecule has 0 aliphatic heterocycles. The fourth-order valence-electron chi connectivity index (χ4n) is 3.13. The highest BCUT2D eigenvalue weighted by Crippen LogP contribution is 2.29. The molecule has 0 saturated carbocycles. The van der Waals surface area contributed by atoms with E-state index in [4.69, 9.17) is 4.74 Å². The number of benzene rings is 1. The molecule has 8 heteroatoms. The highest BCUT2D eigenvalue weighted by Gasteiger charge is 2.21. The summed E-state index contributed by atoms with van der Waals surface area (Å²) >= 11 is 0. The molecule has 0 fully saturated rings. The lowest BCUT2D eigenvalue weighted by Crippen LogP contribution is -2.18. The number of rotatable bonds is 6. The van der Waals surface area contributed by atoms with Crippen LogP contribution in [0.2, 0.25) is 0 Å². The first-order valence-electron chi connectivity index (χ1n) is 8.74. The summed E-state index contributed by atoms with van der Waals surface area (Å²) in [5.41, 5.74) is 2.56. The van der Waals surface area contributed by atoms with Crippen LogP contribution in [0.1, 0.15) is 24.4 Å². The molecule has 0 aliphatic rings. The van der Waals surface area contributed by atoms with Gasteiger partial charge in [-0.3, -0.25) is 0 Å². The first-order valence-corrected chi connectivity index (χ1v) is 8.74. The highest BCUT2D eigenvalue weighted by molar-refractivity contribution is 5.83. The molecular weight excluding hydrogens is 342 g/mol. The van der Waals surface area contributed by atoms with Crippen LogP contribution in [0.3, 0.4) is 0 Å². The Morgan fingerprint density at radius 1 is 1.19 bits per heavy atom. The second kappa shape index (κ2) is 7.06. The minimum atomic E-state index is -0.218. The predicted octanol–water partition coefficient (Wildman–Crippen LogP) is 2.79. The number of nitrogens with one attached hydrogen (secondary N) is 1. The highest BCUT2D eigenvalue weighted by atomic mass is 16.5. The Morgan fingerprint density at radius 3 is 2.81 bits per heavy atom. The van der Waals surface area contributed by atoms with Crippen molar-refractivity contribution in [1.29, 1.82) is 0 Å². The van der Waals surface area contributed by atoms with Crippen molar-refractivity contribution in [2.24, 2.45) is 7.05 Å². The normalized spacial score (nSPS) is 12.3. The van der Waals surface area contributed by atoms with Crippen LogP contribution in [0.4, 0.5) is 5.82 Å². The SMILES string of the molecule is CCn1cnc2c(NC(c3cccc(OC)c3)c3nccn3C)ncnc21. The van der Waals surface area contributed by atoms with E-state index >= 15 is 0 Å². The lowest BCUT2D eigenvalue weighted by molar-refractivity contribution is 0.414. The molecule has 1 unspecified atom stereocenters. The van der Waals surface area contributed by atoms with E-state index in [2.05, 4.69) is 32.2 Å². The van der Waals surface area contributed by atoms with Crippen LogP contribution in [0.25, 0.3) is 11.2 Å². The Morgan fingerprint density at radius 2 is 2.07 bits per heavy atom. The average molecular weight is 363 g/mol. The molecule has 0 radical (unpaired) electrons. The molecule has 0 spiro atoms. The van der Waals surface area contributed by atoms with Crippen LogP contribution in [-0.2, 0) is 13.6 Å². The fourth-order valence-corrected chi connectivity index (χ4v) is 3.13. The number of fused-ring (bicyclic) bond motifs is 1. The zero-order valence-electron chi connectivity index (χ0n) is 15.5. The van der Waals surface area contributed by atoms with Crippen molar-refractivity contribution in [2.45, 2.75) is 19.5 Å². The van der Waals surface area contributed by atoms with Crippen molar-refractivity contribution in [3.05, 3.63) is 60.7 Å². The lowest BCUT2D eigenvalue weighted by Gasteiger charge is -2.20. The number of aromatic nitrogens is 6. The second-order valence-corrected chi connectivity index (χ2v) is 6.18. The van der Waals surface area contributed by atoms with Crippen molar-refractivity contribution in [2.75, 3.05) is 12.4 Å². The van der Waals surface area contributed by atoms with Crippen LogP contribution in [0.5, 0.6) is 5.75 Å².